The number of hydrogen-bond donors (Lipinski definition) is 3. The summed E-state index contributed by atoms with van der Waals surface area (Å²) in [5, 5.41) is 22.7. The van der Waals surface area contributed by atoms with Gasteiger partial charge in [0.15, 0.2) is 0 Å². The zero-order valence-corrected chi connectivity index (χ0v) is 12.3. The van der Waals surface area contributed by atoms with Crippen LogP contribution < -0.4 is 10.6 Å². The summed E-state index contributed by atoms with van der Waals surface area (Å²) in [6, 6.07) is 6.88. The highest BCUT2D eigenvalue weighted by atomic mass is 16.4. The maximum Gasteiger partial charge on any atom is 0.326 e. The van der Waals surface area contributed by atoms with Crippen LogP contribution in [0.3, 0.4) is 0 Å². The van der Waals surface area contributed by atoms with Crippen molar-refractivity contribution in [1.82, 2.24) is 5.32 Å². The fourth-order valence-electron chi connectivity index (χ4n) is 1.88. The molecule has 7 heteroatoms. The fraction of sp³-hybridized carbons (Fsp3) is 0.333. The molecule has 0 saturated carbocycles. The summed E-state index contributed by atoms with van der Waals surface area (Å²) in [5.41, 5.74) is 0.666. The zero-order chi connectivity index (χ0) is 16.7. The van der Waals surface area contributed by atoms with Crippen LogP contribution in [0, 0.1) is 17.2 Å². The van der Waals surface area contributed by atoms with Crippen molar-refractivity contribution >= 4 is 23.5 Å². The van der Waals surface area contributed by atoms with Gasteiger partial charge in [-0.3, -0.25) is 9.59 Å². The van der Waals surface area contributed by atoms with Gasteiger partial charge in [0.05, 0.1) is 6.07 Å². The van der Waals surface area contributed by atoms with E-state index in [0.717, 1.165) is 0 Å². The Morgan fingerprint density at radius 2 is 2.05 bits per heavy atom. The second kappa shape index (κ2) is 7.78. The van der Waals surface area contributed by atoms with E-state index in [1.165, 1.54) is 19.1 Å². The molecule has 0 aliphatic heterocycles. The quantitative estimate of drug-likeness (QED) is 0.733. The Morgan fingerprint density at radius 3 is 2.59 bits per heavy atom. The third-order valence-corrected chi connectivity index (χ3v) is 2.98. The SMILES string of the molecule is CC(=O)Nc1cccc(C(=O)N[C@@H](C(=O)O)[C@H](C)CC#N)c1. The molecule has 22 heavy (non-hydrogen) atoms. The molecule has 0 heterocycles. The summed E-state index contributed by atoms with van der Waals surface area (Å²) in [5.74, 6) is -2.58. The second-order valence-electron chi connectivity index (χ2n) is 4.89. The predicted molar refractivity (Wildman–Crippen MR) is 79.0 cm³/mol. The lowest BCUT2D eigenvalue weighted by Gasteiger charge is -2.19. The van der Waals surface area contributed by atoms with Gasteiger partial charge in [-0.05, 0) is 18.2 Å². The summed E-state index contributed by atoms with van der Waals surface area (Å²) in [7, 11) is 0. The number of hydrogen-bond acceptors (Lipinski definition) is 4. The molecule has 0 fully saturated rings. The minimum atomic E-state index is -1.20. The van der Waals surface area contributed by atoms with E-state index in [4.69, 9.17) is 10.4 Å². The Balaban J connectivity index is 2.88. The smallest absolute Gasteiger partial charge is 0.326 e. The molecule has 0 radical (unpaired) electrons. The van der Waals surface area contributed by atoms with Crippen molar-refractivity contribution in [2.24, 2.45) is 5.92 Å². The molecule has 0 unspecified atom stereocenters. The molecule has 7 nitrogen and oxygen atoms in total. The van der Waals surface area contributed by atoms with Gasteiger partial charge in [0.1, 0.15) is 6.04 Å². The summed E-state index contributed by atoms with van der Waals surface area (Å²) in [4.78, 5) is 34.4. The van der Waals surface area contributed by atoms with E-state index in [1.54, 1.807) is 19.1 Å². The van der Waals surface area contributed by atoms with Crippen molar-refractivity contribution in [3.05, 3.63) is 29.8 Å². The molecular weight excluding hydrogens is 286 g/mol. The monoisotopic (exact) mass is 303 g/mol. The molecule has 0 aliphatic carbocycles. The molecule has 1 rings (SSSR count). The number of amides is 2. The van der Waals surface area contributed by atoms with Crippen LogP contribution in [-0.2, 0) is 9.59 Å². The van der Waals surface area contributed by atoms with Gasteiger partial charge in [0.25, 0.3) is 5.91 Å². The maximum absolute atomic E-state index is 12.1. The Morgan fingerprint density at radius 1 is 1.36 bits per heavy atom. The van der Waals surface area contributed by atoms with E-state index in [-0.39, 0.29) is 17.9 Å². The Bertz CT molecular complexity index is 621. The third-order valence-electron chi connectivity index (χ3n) is 2.98. The number of nitriles is 1. The highest BCUT2D eigenvalue weighted by Crippen LogP contribution is 2.13. The van der Waals surface area contributed by atoms with Gasteiger partial charge in [-0.25, -0.2) is 4.79 Å². The molecule has 0 aliphatic rings. The highest BCUT2D eigenvalue weighted by molar-refractivity contribution is 5.98. The van der Waals surface area contributed by atoms with Crippen LogP contribution in [0.15, 0.2) is 24.3 Å². The van der Waals surface area contributed by atoms with Gasteiger partial charge in [0.2, 0.25) is 5.91 Å². The zero-order valence-electron chi connectivity index (χ0n) is 12.3. The lowest BCUT2D eigenvalue weighted by Crippen LogP contribution is -2.45. The summed E-state index contributed by atoms with van der Waals surface area (Å²) >= 11 is 0. The molecular formula is C15H17N3O4. The number of rotatable bonds is 6. The van der Waals surface area contributed by atoms with Crippen LogP contribution in [0.25, 0.3) is 0 Å². The molecule has 2 atom stereocenters. The lowest BCUT2D eigenvalue weighted by molar-refractivity contribution is -0.140. The van der Waals surface area contributed by atoms with Gasteiger partial charge in [-0.15, -0.1) is 0 Å². The number of nitrogens with one attached hydrogen (secondary N) is 2. The Labute approximate surface area is 127 Å². The minimum Gasteiger partial charge on any atom is -0.480 e. The topological polar surface area (TPSA) is 119 Å². The summed E-state index contributed by atoms with van der Waals surface area (Å²) in [6.45, 7) is 2.92. The molecule has 0 aromatic heterocycles. The summed E-state index contributed by atoms with van der Waals surface area (Å²) in [6.07, 6.45) is 0.0170. The van der Waals surface area contributed by atoms with Crippen LogP contribution in [0.2, 0.25) is 0 Å². The first-order valence-electron chi connectivity index (χ1n) is 6.63. The van der Waals surface area contributed by atoms with Crippen molar-refractivity contribution in [1.29, 1.82) is 5.26 Å². The van der Waals surface area contributed by atoms with Crippen molar-refractivity contribution in [3.63, 3.8) is 0 Å². The largest absolute Gasteiger partial charge is 0.480 e. The van der Waals surface area contributed by atoms with Gasteiger partial charge in [-0.1, -0.05) is 13.0 Å². The molecule has 116 valence electrons. The van der Waals surface area contributed by atoms with E-state index in [2.05, 4.69) is 10.6 Å². The van der Waals surface area contributed by atoms with Crippen LogP contribution in [-0.4, -0.2) is 28.9 Å². The van der Waals surface area contributed by atoms with Crippen LogP contribution in [0.4, 0.5) is 5.69 Å². The van der Waals surface area contributed by atoms with Crippen LogP contribution >= 0.6 is 0 Å². The summed E-state index contributed by atoms with van der Waals surface area (Å²) < 4.78 is 0. The molecule has 0 saturated heterocycles. The van der Waals surface area contributed by atoms with Crippen molar-refractivity contribution < 1.29 is 19.5 Å². The first-order chi connectivity index (χ1) is 10.3. The van der Waals surface area contributed by atoms with Gasteiger partial charge in [-0.2, -0.15) is 5.26 Å². The number of carbonyl (C=O) groups is 3. The van der Waals surface area contributed by atoms with E-state index in [9.17, 15) is 14.4 Å². The molecule has 3 N–H and O–H groups in total. The standard InChI is InChI=1S/C15H17N3O4/c1-9(6-7-16)13(15(21)22)18-14(20)11-4-3-5-12(8-11)17-10(2)19/h3-5,8-9,13H,6H2,1-2H3,(H,17,19)(H,18,20)(H,21,22)/t9-,13-/m1/s1. The van der Waals surface area contributed by atoms with E-state index in [0.29, 0.717) is 5.69 Å². The van der Waals surface area contributed by atoms with Crippen molar-refractivity contribution in [3.8, 4) is 6.07 Å². The van der Waals surface area contributed by atoms with E-state index >= 15 is 0 Å². The second-order valence-corrected chi connectivity index (χ2v) is 4.89. The van der Waals surface area contributed by atoms with Crippen molar-refractivity contribution in [2.45, 2.75) is 26.3 Å². The lowest BCUT2D eigenvalue weighted by atomic mass is 9.98. The number of carbonyl (C=O) groups excluding carboxylic acids is 2. The van der Waals surface area contributed by atoms with Gasteiger partial charge < -0.3 is 15.7 Å². The number of aliphatic carboxylic acids is 1. The number of anilines is 1. The Kier molecular flexibility index (Phi) is 6.08. The molecule has 0 spiro atoms. The number of benzene rings is 1. The number of carboxylic acids is 1. The predicted octanol–water partition coefficient (Wildman–Crippen LogP) is 1.38. The normalized spacial score (nSPS) is 12.6. The average molecular weight is 303 g/mol. The highest BCUT2D eigenvalue weighted by Gasteiger charge is 2.26. The maximum atomic E-state index is 12.1. The van der Waals surface area contributed by atoms with Crippen LogP contribution in [0.1, 0.15) is 30.6 Å². The molecule has 1 aromatic carbocycles. The fourth-order valence-corrected chi connectivity index (χ4v) is 1.88. The Hall–Kier alpha value is -2.88. The third kappa shape index (κ3) is 4.90. The number of nitrogens with zero attached hydrogens (tertiary/aromatic N) is 1. The van der Waals surface area contributed by atoms with Gasteiger partial charge >= 0.3 is 5.97 Å². The number of carboxylic acid groups (broad SMARTS) is 1. The molecule has 0 bridgehead atoms. The first-order valence-corrected chi connectivity index (χ1v) is 6.63. The van der Waals surface area contributed by atoms with Gasteiger partial charge in [0, 0.05) is 30.5 Å². The van der Waals surface area contributed by atoms with Crippen LogP contribution in [0.5, 0.6) is 0 Å². The van der Waals surface area contributed by atoms with Crippen molar-refractivity contribution in [2.75, 3.05) is 5.32 Å². The first kappa shape index (κ1) is 17.2. The van der Waals surface area contributed by atoms with E-state index in [1.807, 2.05) is 6.07 Å². The molecule has 2 amide bonds. The molecule has 1 aromatic rings. The minimum absolute atomic E-state index is 0.0170. The van der Waals surface area contributed by atoms with E-state index < -0.39 is 23.8 Å². The average Bonchev–Trinajstić information content (AvgIpc) is 2.43.